The highest BCUT2D eigenvalue weighted by molar-refractivity contribution is 5.39. The standard InChI is InChI=1S/C11H19N3O/c1-4-5-14(6-7-15)11-8-9(2)12-10(3)13-11/h8,15H,4-7H2,1-3H3. The first-order valence-electron chi connectivity index (χ1n) is 5.35. The summed E-state index contributed by atoms with van der Waals surface area (Å²) in [5.41, 5.74) is 0.969. The molecule has 0 aliphatic rings. The minimum absolute atomic E-state index is 0.155. The van der Waals surface area contributed by atoms with Gasteiger partial charge in [0.1, 0.15) is 11.6 Å². The maximum absolute atomic E-state index is 8.98. The Labute approximate surface area is 91.0 Å². The largest absolute Gasteiger partial charge is 0.395 e. The molecular formula is C11H19N3O. The number of aliphatic hydroxyl groups excluding tert-OH is 1. The molecule has 1 rings (SSSR count). The Morgan fingerprint density at radius 3 is 2.53 bits per heavy atom. The van der Waals surface area contributed by atoms with Crippen molar-refractivity contribution < 1.29 is 5.11 Å². The first-order chi connectivity index (χ1) is 7.17. The fourth-order valence-electron chi connectivity index (χ4n) is 1.59. The molecule has 0 aliphatic heterocycles. The Morgan fingerprint density at radius 2 is 2.00 bits per heavy atom. The van der Waals surface area contributed by atoms with E-state index in [0.717, 1.165) is 30.3 Å². The van der Waals surface area contributed by atoms with Crippen LogP contribution >= 0.6 is 0 Å². The molecule has 15 heavy (non-hydrogen) atoms. The van der Waals surface area contributed by atoms with Crippen LogP contribution in [0.4, 0.5) is 5.82 Å². The van der Waals surface area contributed by atoms with Gasteiger partial charge in [-0.15, -0.1) is 0 Å². The van der Waals surface area contributed by atoms with Gasteiger partial charge in [0.05, 0.1) is 6.61 Å². The van der Waals surface area contributed by atoms with E-state index in [2.05, 4.69) is 21.8 Å². The van der Waals surface area contributed by atoms with Crippen LogP contribution in [0.15, 0.2) is 6.07 Å². The second-order valence-electron chi connectivity index (χ2n) is 3.63. The molecule has 1 aromatic heterocycles. The molecule has 0 atom stereocenters. The lowest BCUT2D eigenvalue weighted by molar-refractivity contribution is 0.301. The number of anilines is 1. The van der Waals surface area contributed by atoms with Crippen LogP contribution < -0.4 is 4.90 Å². The van der Waals surface area contributed by atoms with Gasteiger partial charge in [0.2, 0.25) is 0 Å². The highest BCUT2D eigenvalue weighted by atomic mass is 16.3. The molecule has 0 aliphatic carbocycles. The van der Waals surface area contributed by atoms with Gasteiger partial charge in [-0.3, -0.25) is 0 Å². The van der Waals surface area contributed by atoms with Crippen molar-refractivity contribution in [2.24, 2.45) is 0 Å². The summed E-state index contributed by atoms with van der Waals surface area (Å²) in [4.78, 5) is 10.7. The molecule has 84 valence electrons. The monoisotopic (exact) mass is 209 g/mol. The van der Waals surface area contributed by atoms with Crippen LogP contribution in [-0.2, 0) is 0 Å². The summed E-state index contributed by atoms with van der Waals surface area (Å²) < 4.78 is 0. The van der Waals surface area contributed by atoms with Gasteiger partial charge in [0.25, 0.3) is 0 Å². The highest BCUT2D eigenvalue weighted by Crippen LogP contribution is 2.12. The van der Waals surface area contributed by atoms with E-state index < -0.39 is 0 Å². The lowest BCUT2D eigenvalue weighted by Gasteiger charge is -2.22. The fraction of sp³-hybridized carbons (Fsp3) is 0.636. The smallest absolute Gasteiger partial charge is 0.132 e. The van der Waals surface area contributed by atoms with Crippen LogP contribution in [0.2, 0.25) is 0 Å². The fourth-order valence-corrected chi connectivity index (χ4v) is 1.59. The Kier molecular flexibility index (Phi) is 4.49. The number of aliphatic hydroxyl groups is 1. The minimum atomic E-state index is 0.155. The van der Waals surface area contributed by atoms with Gasteiger partial charge in [-0.25, -0.2) is 9.97 Å². The zero-order valence-corrected chi connectivity index (χ0v) is 9.69. The first-order valence-corrected chi connectivity index (χ1v) is 5.35. The zero-order valence-electron chi connectivity index (χ0n) is 9.69. The Bertz CT molecular complexity index is 288. The van der Waals surface area contributed by atoms with Gasteiger partial charge in [-0.05, 0) is 20.3 Å². The van der Waals surface area contributed by atoms with Gasteiger partial charge < -0.3 is 10.0 Å². The van der Waals surface area contributed by atoms with Crippen LogP contribution in [0.25, 0.3) is 0 Å². The number of aryl methyl sites for hydroxylation is 2. The molecule has 1 N–H and O–H groups in total. The van der Waals surface area contributed by atoms with E-state index in [4.69, 9.17) is 5.11 Å². The predicted octanol–water partition coefficient (Wildman–Crippen LogP) is 1.30. The van der Waals surface area contributed by atoms with Gasteiger partial charge in [0, 0.05) is 24.8 Å². The van der Waals surface area contributed by atoms with Crippen molar-refractivity contribution in [1.29, 1.82) is 0 Å². The van der Waals surface area contributed by atoms with Crippen LogP contribution in [0.5, 0.6) is 0 Å². The lowest BCUT2D eigenvalue weighted by Crippen LogP contribution is -2.28. The topological polar surface area (TPSA) is 49.2 Å². The Morgan fingerprint density at radius 1 is 1.27 bits per heavy atom. The van der Waals surface area contributed by atoms with E-state index in [1.165, 1.54) is 0 Å². The molecule has 0 spiro atoms. The molecule has 0 bridgehead atoms. The second-order valence-corrected chi connectivity index (χ2v) is 3.63. The lowest BCUT2D eigenvalue weighted by atomic mass is 10.3. The normalized spacial score (nSPS) is 10.4. The van der Waals surface area contributed by atoms with E-state index in [1.54, 1.807) is 0 Å². The van der Waals surface area contributed by atoms with E-state index >= 15 is 0 Å². The summed E-state index contributed by atoms with van der Waals surface area (Å²) in [7, 11) is 0. The first kappa shape index (κ1) is 11.9. The quantitative estimate of drug-likeness (QED) is 0.794. The van der Waals surface area contributed by atoms with Crippen molar-refractivity contribution >= 4 is 5.82 Å². The highest BCUT2D eigenvalue weighted by Gasteiger charge is 2.07. The molecule has 4 nitrogen and oxygen atoms in total. The molecule has 0 unspecified atom stereocenters. The summed E-state index contributed by atoms with van der Waals surface area (Å²) in [6.07, 6.45) is 1.04. The van der Waals surface area contributed by atoms with Crippen molar-refractivity contribution in [2.75, 3.05) is 24.6 Å². The van der Waals surface area contributed by atoms with Crippen molar-refractivity contribution in [3.05, 3.63) is 17.6 Å². The molecule has 1 heterocycles. The molecule has 0 saturated carbocycles. The van der Waals surface area contributed by atoms with Crippen molar-refractivity contribution in [3.63, 3.8) is 0 Å². The molecule has 0 aromatic carbocycles. The van der Waals surface area contributed by atoms with Gasteiger partial charge in [-0.1, -0.05) is 6.92 Å². The van der Waals surface area contributed by atoms with E-state index in [1.807, 2.05) is 19.9 Å². The number of rotatable bonds is 5. The Hall–Kier alpha value is -1.16. The number of hydrogen-bond donors (Lipinski definition) is 1. The van der Waals surface area contributed by atoms with Crippen LogP contribution in [0, 0.1) is 13.8 Å². The third-order valence-electron chi connectivity index (χ3n) is 2.14. The second kappa shape index (κ2) is 5.66. The van der Waals surface area contributed by atoms with Crippen molar-refractivity contribution in [3.8, 4) is 0 Å². The maximum Gasteiger partial charge on any atom is 0.132 e. The molecule has 1 aromatic rings. The maximum atomic E-state index is 8.98. The van der Waals surface area contributed by atoms with Gasteiger partial charge in [-0.2, -0.15) is 0 Å². The summed E-state index contributed by atoms with van der Waals surface area (Å²) >= 11 is 0. The summed E-state index contributed by atoms with van der Waals surface area (Å²) in [5, 5.41) is 8.98. The average molecular weight is 209 g/mol. The van der Waals surface area contributed by atoms with Crippen LogP contribution in [-0.4, -0.2) is 34.8 Å². The van der Waals surface area contributed by atoms with Crippen LogP contribution in [0.1, 0.15) is 24.9 Å². The average Bonchev–Trinajstić information content (AvgIpc) is 2.16. The summed E-state index contributed by atoms with van der Waals surface area (Å²) in [5.74, 6) is 1.69. The van der Waals surface area contributed by atoms with Crippen LogP contribution in [0.3, 0.4) is 0 Å². The molecule has 0 fully saturated rings. The molecular weight excluding hydrogens is 190 g/mol. The zero-order chi connectivity index (χ0) is 11.3. The molecule has 4 heteroatoms. The third-order valence-corrected chi connectivity index (χ3v) is 2.14. The number of hydrogen-bond acceptors (Lipinski definition) is 4. The Balaban J connectivity index is 2.88. The van der Waals surface area contributed by atoms with Crippen molar-refractivity contribution in [1.82, 2.24) is 9.97 Å². The molecule has 0 saturated heterocycles. The van der Waals surface area contributed by atoms with E-state index in [0.29, 0.717) is 6.54 Å². The van der Waals surface area contributed by atoms with E-state index in [9.17, 15) is 0 Å². The predicted molar refractivity (Wildman–Crippen MR) is 61.1 cm³/mol. The third kappa shape index (κ3) is 3.47. The number of nitrogens with zero attached hydrogens (tertiary/aromatic N) is 3. The molecule has 0 amide bonds. The molecule has 0 radical (unpaired) electrons. The summed E-state index contributed by atoms with van der Waals surface area (Å²) in [6, 6.07) is 1.96. The SMILES string of the molecule is CCCN(CCO)c1cc(C)nc(C)n1. The minimum Gasteiger partial charge on any atom is -0.395 e. The summed E-state index contributed by atoms with van der Waals surface area (Å²) in [6.45, 7) is 7.66. The van der Waals surface area contributed by atoms with Gasteiger partial charge in [0.15, 0.2) is 0 Å². The van der Waals surface area contributed by atoms with E-state index in [-0.39, 0.29) is 6.61 Å². The van der Waals surface area contributed by atoms with Crippen molar-refractivity contribution in [2.45, 2.75) is 27.2 Å². The van der Waals surface area contributed by atoms with Gasteiger partial charge >= 0.3 is 0 Å². The number of aromatic nitrogens is 2.